The van der Waals surface area contributed by atoms with Gasteiger partial charge >= 0.3 is 0 Å². The fourth-order valence-corrected chi connectivity index (χ4v) is 0.597. The summed E-state index contributed by atoms with van der Waals surface area (Å²) in [6.07, 6.45) is 3.45. The van der Waals surface area contributed by atoms with Crippen molar-refractivity contribution in [2.75, 3.05) is 6.54 Å². The molecule has 0 amide bonds. The molecule has 0 spiro atoms. The highest BCUT2D eigenvalue weighted by molar-refractivity contribution is 5.80. The van der Waals surface area contributed by atoms with E-state index in [4.69, 9.17) is 0 Å². The predicted molar refractivity (Wildman–Crippen MR) is 30.4 cm³/mol. The van der Waals surface area contributed by atoms with Crippen LogP contribution in [0.3, 0.4) is 0 Å². The van der Waals surface area contributed by atoms with E-state index in [0.717, 1.165) is 0 Å². The number of allylic oxidation sites excluding steroid dienone is 1. The molecular formula is C5H7N2O2+. The van der Waals surface area contributed by atoms with Crippen molar-refractivity contribution in [1.29, 1.82) is 0 Å². The second-order valence-corrected chi connectivity index (χ2v) is 1.81. The zero-order valence-corrected chi connectivity index (χ0v) is 4.83. The van der Waals surface area contributed by atoms with Crippen molar-refractivity contribution in [2.45, 2.75) is 6.42 Å². The van der Waals surface area contributed by atoms with Gasteiger partial charge in [0.05, 0.1) is 11.1 Å². The number of nitrogens with one attached hydrogen (secondary N) is 1. The minimum atomic E-state index is -0.0637. The van der Waals surface area contributed by atoms with Gasteiger partial charge in [-0.3, -0.25) is 4.79 Å². The molecule has 0 saturated heterocycles. The van der Waals surface area contributed by atoms with Crippen LogP contribution in [0.5, 0.6) is 0 Å². The van der Waals surface area contributed by atoms with Crippen molar-refractivity contribution in [1.82, 2.24) is 5.43 Å². The minimum absolute atomic E-state index is 0.0625. The molecule has 4 nitrogen and oxygen atoms in total. The maximum absolute atomic E-state index is 10.6. The first-order valence-corrected chi connectivity index (χ1v) is 2.66. The molecule has 1 aliphatic rings. The highest BCUT2D eigenvalue weighted by Gasteiger charge is 2.15. The molecule has 0 atom stereocenters. The van der Waals surface area contributed by atoms with Gasteiger partial charge in [-0.05, 0) is 0 Å². The third-order valence-corrected chi connectivity index (χ3v) is 1.00. The molecule has 48 valence electrons. The van der Waals surface area contributed by atoms with Crippen LogP contribution in [-0.4, -0.2) is 17.2 Å². The van der Waals surface area contributed by atoms with Crippen LogP contribution in [0.15, 0.2) is 12.3 Å². The maximum atomic E-state index is 10.6. The molecule has 4 heteroatoms. The van der Waals surface area contributed by atoms with E-state index in [9.17, 15) is 9.70 Å². The SMILES string of the molecule is O=C1CC=CN[N+](=O)C1. The maximum Gasteiger partial charge on any atom is 0.283 e. The molecule has 1 rings (SSSR count). The molecule has 9 heavy (non-hydrogen) atoms. The Morgan fingerprint density at radius 3 is 3.22 bits per heavy atom. The molecule has 0 aromatic rings. The van der Waals surface area contributed by atoms with E-state index in [1.54, 1.807) is 6.08 Å². The van der Waals surface area contributed by atoms with Crippen LogP contribution >= 0.6 is 0 Å². The lowest BCUT2D eigenvalue weighted by atomic mass is 10.3. The summed E-state index contributed by atoms with van der Waals surface area (Å²) in [5.41, 5.74) is 2.35. The Balaban J connectivity index is 2.60. The molecular weight excluding hydrogens is 120 g/mol. The van der Waals surface area contributed by atoms with Gasteiger partial charge in [0.25, 0.3) is 6.54 Å². The van der Waals surface area contributed by atoms with Gasteiger partial charge < -0.3 is 0 Å². The van der Waals surface area contributed by atoms with E-state index in [1.807, 2.05) is 0 Å². The van der Waals surface area contributed by atoms with E-state index < -0.39 is 0 Å². The van der Waals surface area contributed by atoms with Crippen LogP contribution in [0.1, 0.15) is 6.42 Å². The van der Waals surface area contributed by atoms with Crippen molar-refractivity contribution in [3.05, 3.63) is 17.2 Å². The van der Waals surface area contributed by atoms with Gasteiger partial charge in [-0.15, -0.1) is 5.43 Å². The fraction of sp³-hybridized carbons (Fsp3) is 0.400. The van der Waals surface area contributed by atoms with Crippen LogP contribution in [0.4, 0.5) is 0 Å². The van der Waals surface area contributed by atoms with Crippen LogP contribution in [0.25, 0.3) is 0 Å². The molecule has 1 heterocycles. The Labute approximate surface area is 52.1 Å². The lowest BCUT2D eigenvalue weighted by Crippen LogP contribution is -2.24. The zero-order chi connectivity index (χ0) is 6.69. The van der Waals surface area contributed by atoms with Crippen molar-refractivity contribution in [3.8, 4) is 0 Å². The number of carbonyl (C=O) groups is 1. The highest BCUT2D eigenvalue weighted by atomic mass is 16.3. The van der Waals surface area contributed by atoms with Gasteiger partial charge in [0.15, 0.2) is 0 Å². The number of rotatable bonds is 0. The van der Waals surface area contributed by atoms with E-state index in [2.05, 4.69) is 5.43 Å². The lowest BCUT2D eigenvalue weighted by Gasteiger charge is -1.82. The Bertz CT molecular complexity index is 156. The summed E-state index contributed by atoms with van der Waals surface area (Å²) in [6, 6.07) is 0. The third kappa shape index (κ3) is 1.64. The fourth-order valence-electron chi connectivity index (χ4n) is 0.597. The molecule has 1 N–H and O–H groups in total. The van der Waals surface area contributed by atoms with Crippen LogP contribution in [-0.2, 0) is 4.79 Å². The van der Waals surface area contributed by atoms with Gasteiger partial charge in [-0.1, -0.05) is 6.08 Å². The average molecular weight is 127 g/mol. The Morgan fingerprint density at radius 1 is 1.67 bits per heavy atom. The Morgan fingerprint density at radius 2 is 2.44 bits per heavy atom. The molecule has 0 aliphatic carbocycles. The summed E-state index contributed by atoms with van der Waals surface area (Å²) in [7, 11) is 0. The molecule has 0 unspecified atom stereocenters. The van der Waals surface area contributed by atoms with Crippen molar-refractivity contribution < 1.29 is 9.66 Å². The number of carbonyl (C=O) groups excluding carboxylic acids is 1. The normalized spacial score (nSPS) is 19.1. The second kappa shape index (κ2) is 2.39. The number of nitrogens with zero attached hydrogens (tertiary/aromatic N) is 1. The van der Waals surface area contributed by atoms with Crippen LogP contribution in [0.2, 0.25) is 0 Å². The molecule has 0 aromatic heterocycles. The smallest absolute Gasteiger partial charge is 0.283 e. The first kappa shape index (κ1) is 5.94. The minimum Gasteiger partial charge on any atom is -0.292 e. The standard InChI is InChI=1S/C5H7N2O2/c8-5-2-1-3-6-7(9)4-5/h1,3H,2,4H2,(H,6,9)/q+1. The zero-order valence-electron chi connectivity index (χ0n) is 4.83. The lowest BCUT2D eigenvalue weighted by molar-refractivity contribution is -0.585. The Hall–Kier alpha value is -1.19. The number of ketones is 1. The second-order valence-electron chi connectivity index (χ2n) is 1.81. The topological polar surface area (TPSA) is 49.2 Å². The summed E-state index contributed by atoms with van der Waals surface area (Å²) in [5, 5.41) is 0. The molecule has 0 aromatic carbocycles. The van der Waals surface area contributed by atoms with Gasteiger partial charge in [0.1, 0.15) is 4.87 Å². The van der Waals surface area contributed by atoms with Crippen molar-refractivity contribution in [3.63, 3.8) is 0 Å². The number of hydrazine groups is 1. The average Bonchev–Trinajstić information content (AvgIpc) is 1.93. The van der Waals surface area contributed by atoms with Gasteiger partial charge in [-0.2, -0.15) is 0 Å². The monoisotopic (exact) mass is 127 g/mol. The van der Waals surface area contributed by atoms with Crippen LogP contribution < -0.4 is 5.43 Å². The van der Waals surface area contributed by atoms with Gasteiger partial charge in [0.2, 0.25) is 5.78 Å². The summed E-state index contributed by atoms with van der Waals surface area (Å²) in [4.78, 5) is 21.5. The largest absolute Gasteiger partial charge is 0.292 e. The van der Waals surface area contributed by atoms with Gasteiger partial charge in [0, 0.05) is 6.42 Å². The summed E-state index contributed by atoms with van der Waals surface area (Å²) >= 11 is 0. The number of nitroso groups, excluding NO2 is 1. The third-order valence-electron chi connectivity index (χ3n) is 1.00. The summed E-state index contributed by atoms with van der Waals surface area (Å²) in [5.74, 6) is -0.0637. The summed E-state index contributed by atoms with van der Waals surface area (Å²) < 4.78 is 0. The van der Waals surface area contributed by atoms with Crippen molar-refractivity contribution in [2.24, 2.45) is 0 Å². The van der Waals surface area contributed by atoms with Crippen LogP contribution in [0, 0.1) is 4.91 Å². The number of Topliss-reactive ketones (excluding diaryl/α,β-unsaturated/α-hetero) is 1. The predicted octanol–water partition coefficient (Wildman–Crippen LogP) is -0.244. The Kier molecular flexibility index (Phi) is 1.58. The molecule has 0 radical (unpaired) electrons. The van der Waals surface area contributed by atoms with E-state index in [-0.39, 0.29) is 12.3 Å². The first-order valence-electron chi connectivity index (χ1n) is 2.66. The van der Waals surface area contributed by atoms with Crippen molar-refractivity contribution >= 4 is 5.78 Å². The summed E-state index contributed by atoms with van der Waals surface area (Å²) in [6.45, 7) is -0.0625. The van der Waals surface area contributed by atoms with Gasteiger partial charge in [-0.25, -0.2) is 0 Å². The van der Waals surface area contributed by atoms with E-state index in [0.29, 0.717) is 11.3 Å². The molecule has 0 saturated carbocycles. The highest BCUT2D eigenvalue weighted by Crippen LogP contribution is 1.89. The first-order chi connectivity index (χ1) is 4.29. The molecule has 0 bridgehead atoms. The van der Waals surface area contributed by atoms with E-state index in [1.165, 1.54) is 6.20 Å². The molecule has 0 fully saturated rings. The quantitative estimate of drug-likeness (QED) is 0.457. The number of hydrogen-bond donors (Lipinski definition) is 1. The molecule has 1 aliphatic heterocycles. The van der Waals surface area contributed by atoms with E-state index >= 15 is 0 Å². The number of hydrogen-bond acceptors (Lipinski definition) is 2.